The fraction of sp³-hybridized carbons (Fsp3) is 0.359. The van der Waals surface area contributed by atoms with Gasteiger partial charge >= 0.3 is 0 Å². The van der Waals surface area contributed by atoms with Gasteiger partial charge < -0.3 is 9.80 Å². The van der Waals surface area contributed by atoms with Gasteiger partial charge in [0.05, 0.1) is 10.4 Å². The van der Waals surface area contributed by atoms with Crippen molar-refractivity contribution in [1.82, 2.24) is 13.9 Å². The number of hydrogen-bond donors (Lipinski definition) is 0. The molecular formula is C39H46N4O2SSi. The van der Waals surface area contributed by atoms with Crippen molar-refractivity contribution in [3.8, 4) is 22.6 Å². The van der Waals surface area contributed by atoms with Crippen LogP contribution < -0.4 is 4.90 Å². The highest BCUT2D eigenvalue weighted by Crippen LogP contribution is 2.41. The summed E-state index contributed by atoms with van der Waals surface area (Å²) in [6.45, 7) is 18.0. The van der Waals surface area contributed by atoms with Crippen molar-refractivity contribution in [2.24, 2.45) is 0 Å². The standard InChI is InChI=1S/C39H46N4O2SSi/c1-28(2)47(29(3)4,30(5)6)26-20-32-19-21-40-39-38(32)36-27-33(31-13-16-34(17-14-31)42-24-22-41(7)23-25-42)15-18-37(36)43(39)46(44,45)35-11-9-8-10-12-35/h8-19,21,27-30H,22-25H2,1-7H3. The number of rotatable bonds is 7. The Morgan fingerprint density at radius 2 is 1.38 bits per heavy atom. The third-order valence-corrected chi connectivity index (χ3v) is 18.2. The van der Waals surface area contributed by atoms with E-state index in [0.717, 1.165) is 53.6 Å². The molecule has 0 bridgehead atoms. The lowest BCUT2D eigenvalue weighted by Crippen LogP contribution is -2.44. The summed E-state index contributed by atoms with van der Waals surface area (Å²) in [7, 11) is -3.82. The lowest BCUT2D eigenvalue weighted by Gasteiger charge is -2.38. The molecule has 0 spiro atoms. The molecule has 0 radical (unpaired) electrons. The highest BCUT2D eigenvalue weighted by Gasteiger charge is 2.41. The van der Waals surface area contributed by atoms with Gasteiger partial charge in [0.2, 0.25) is 0 Å². The van der Waals surface area contributed by atoms with Crippen LogP contribution >= 0.6 is 0 Å². The number of hydrogen-bond acceptors (Lipinski definition) is 5. The van der Waals surface area contributed by atoms with Gasteiger partial charge in [0, 0.05) is 54.4 Å². The molecule has 0 N–H and O–H groups in total. The molecular weight excluding hydrogens is 617 g/mol. The second-order valence-corrected chi connectivity index (χ2v) is 21.2. The molecule has 5 aromatic rings. The molecule has 47 heavy (non-hydrogen) atoms. The predicted octanol–water partition coefficient (Wildman–Crippen LogP) is 8.41. The average Bonchev–Trinajstić information content (AvgIpc) is 3.40. The van der Waals surface area contributed by atoms with Crippen molar-refractivity contribution >= 4 is 45.7 Å². The minimum Gasteiger partial charge on any atom is -0.369 e. The van der Waals surface area contributed by atoms with E-state index in [1.54, 1.807) is 30.5 Å². The molecule has 6 rings (SSSR count). The first-order chi connectivity index (χ1) is 22.4. The molecule has 244 valence electrons. The molecule has 0 aliphatic carbocycles. The van der Waals surface area contributed by atoms with Crippen molar-refractivity contribution in [3.05, 3.63) is 90.6 Å². The van der Waals surface area contributed by atoms with Gasteiger partial charge in [-0.3, -0.25) is 0 Å². The molecule has 0 saturated carbocycles. The lowest BCUT2D eigenvalue weighted by atomic mass is 10.0. The number of fused-ring (bicyclic) bond motifs is 3. The summed E-state index contributed by atoms with van der Waals surface area (Å²) in [5, 5.41) is 1.62. The second-order valence-electron chi connectivity index (χ2n) is 13.9. The molecule has 0 unspecified atom stereocenters. The molecule has 2 aromatic heterocycles. The molecule has 1 aliphatic rings. The van der Waals surface area contributed by atoms with Crippen LogP contribution in [0.25, 0.3) is 33.1 Å². The van der Waals surface area contributed by atoms with Crippen LogP contribution in [-0.2, 0) is 10.0 Å². The van der Waals surface area contributed by atoms with E-state index < -0.39 is 18.1 Å². The monoisotopic (exact) mass is 662 g/mol. The summed E-state index contributed by atoms with van der Waals surface area (Å²) >= 11 is 0. The first-order valence-corrected chi connectivity index (χ1v) is 20.4. The highest BCUT2D eigenvalue weighted by molar-refractivity contribution is 7.90. The number of anilines is 1. The molecule has 3 heterocycles. The Hall–Kier alpha value is -3.90. The van der Waals surface area contributed by atoms with Crippen molar-refractivity contribution in [3.63, 3.8) is 0 Å². The third-order valence-electron chi connectivity index (χ3n) is 10.2. The Bertz CT molecular complexity index is 2040. The zero-order valence-corrected chi connectivity index (χ0v) is 30.5. The Morgan fingerprint density at radius 1 is 0.766 bits per heavy atom. The van der Waals surface area contributed by atoms with Crippen LogP contribution in [0.5, 0.6) is 0 Å². The van der Waals surface area contributed by atoms with Gasteiger partial charge in [-0.1, -0.05) is 83.9 Å². The van der Waals surface area contributed by atoms with Gasteiger partial charge in [-0.25, -0.2) is 17.4 Å². The number of likely N-dealkylation sites (N-methyl/N-ethyl adjacent to an activating group) is 1. The summed E-state index contributed by atoms with van der Waals surface area (Å²) in [6.07, 6.45) is 1.70. The number of pyridine rings is 1. The Labute approximate surface area is 281 Å². The van der Waals surface area contributed by atoms with Crippen molar-refractivity contribution in [1.29, 1.82) is 0 Å². The van der Waals surface area contributed by atoms with Crippen LogP contribution in [0, 0.1) is 11.5 Å². The summed E-state index contributed by atoms with van der Waals surface area (Å²) in [5.74, 6) is 3.63. The molecule has 1 saturated heterocycles. The van der Waals surface area contributed by atoms with Gasteiger partial charge in [-0.2, -0.15) is 0 Å². The fourth-order valence-corrected chi connectivity index (χ4v) is 14.4. The minimum atomic E-state index is -3.94. The second kappa shape index (κ2) is 12.9. The maximum atomic E-state index is 14.3. The lowest BCUT2D eigenvalue weighted by molar-refractivity contribution is 0.313. The molecule has 6 nitrogen and oxygen atoms in total. The molecule has 0 amide bonds. The predicted molar refractivity (Wildman–Crippen MR) is 199 cm³/mol. The van der Waals surface area contributed by atoms with Gasteiger partial charge in [-0.15, -0.1) is 5.54 Å². The quantitative estimate of drug-likeness (QED) is 0.129. The number of benzene rings is 3. The smallest absolute Gasteiger partial charge is 0.269 e. The Kier molecular flexibility index (Phi) is 9.10. The van der Waals surface area contributed by atoms with Crippen LogP contribution in [0.2, 0.25) is 16.6 Å². The highest BCUT2D eigenvalue weighted by atomic mass is 32.2. The maximum absolute atomic E-state index is 14.3. The molecule has 1 aliphatic heterocycles. The summed E-state index contributed by atoms with van der Waals surface area (Å²) in [6, 6.07) is 25.3. The van der Waals surface area contributed by atoms with Crippen LogP contribution in [0.4, 0.5) is 5.69 Å². The average molecular weight is 663 g/mol. The van der Waals surface area contributed by atoms with E-state index >= 15 is 0 Å². The largest absolute Gasteiger partial charge is 0.369 e. The van der Waals surface area contributed by atoms with E-state index in [2.05, 4.69) is 100 Å². The van der Waals surface area contributed by atoms with E-state index in [9.17, 15) is 8.42 Å². The van der Waals surface area contributed by atoms with Crippen LogP contribution in [0.1, 0.15) is 47.1 Å². The van der Waals surface area contributed by atoms with Gasteiger partial charge in [-0.05, 0) is 77.3 Å². The van der Waals surface area contributed by atoms with Gasteiger partial charge in [0.25, 0.3) is 10.0 Å². The van der Waals surface area contributed by atoms with Crippen molar-refractivity contribution in [2.45, 2.75) is 63.1 Å². The molecule has 1 fully saturated rings. The number of piperazine rings is 1. The topological polar surface area (TPSA) is 58.4 Å². The summed E-state index contributed by atoms with van der Waals surface area (Å²) in [4.78, 5) is 9.73. The number of nitrogens with zero attached hydrogens (tertiary/aromatic N) is 4. The van der Waals surface area contributed by atoms with E-state index in [4.69, 9.17) is 4.98 Å². The summed E-state index contributed by atoms with van der Waals surface area (Å²) in [5.41, 5.74) is 10.5. The first kappa shape index (κ1) is 33.0. The number of aromatic nitrogens is 2. The molecule has 0 atom stereocenters. The first-order valence-electron chi connectivity index (χ1n) is 16.8. The zero-order chi connectivity index (χ0) is 33.5. The van der Waals surface area contributed by atoms with Crippen LogP contribution in [0.15, 0.2) is 90.0 Å². The zero-order valence-electron chi connectivity index (χ0n) is 28.7. The van der Waals surface area contributed by atoms with E-state index in [-0.39, 0.29) is 4.90 Å². The van der Waals surface area contributed by atoms with Gasteiger partial charge in [0.15, 0.2) is 5.65 Å². The Morgan fingerprint density at radius 3 is 2.00 bits per heavy atom. The van der Waals surface area contributed by atoms with Crippen molar-refractivity contribution in [2.75, 3.05) is 38.1 Å². The molecule has 3 aromatic carbocycles. The van der Waals surface area contributed by atoms with E-state index in [1.165, 1.54) is 9.66 Å². The normalized spacial score (nSPS) is 14.8. The van der Waals surface area contributed by atoms with E-state index in [0.29, 0.717) is 27.8 Å². The minimum absolute atomic E-state index is 0.228. The third kappa shape index (κ3) is 5.90. The van der Waals surface area contributed by atoms with E-state index in [1.807, 2.05) is 24.3 Å². The van der Waals surface area contributed by atoms with Gasteiger partial charge in [0.1, 0.15) is 8.07 Å². The fourth-order valence-electron chi connectivity index (χ4n) is 7.66. The Balaban J connectivity index is 1.56. The van der Waals surface area contributed by atoms with Crippen LogP contribution in [-0.4, -0.2) is 63.6 Å². The van der Waals surface area contributed by atoms with Crippen molar-refractivity contribution < 1.29 is 8.42 Å². The van der Waals surface area contributed by atoms with Crippen LogP contribution in [0.3, 0.4) is 0 Å². The maximum Gasteiger partial charge on any atom is 0.269 e. The molecule has 8 heteroatoms. The summed E-state index contributed by atoms with van der Waals surface area (Å²) < 4.78 is 29.9. The SMILES string of the molecule is CC(C)[Si](C#Cc1ccnc2c1c1cc(-c3ccc(N4CCN(C)CC4)cc3)ccc1n2S(=O)(=O)c1ccccc1)(C(C)C)C(C)C.